The molecule has 96 valence electrons. The quantitative estimate of drug-likeness (QED) is 0.904. The van der Waals surface area contributed by atoms with E-state index in [0.29, 0.717) is 13.0 Å². The minimum atomic E-state index is 0. The van der Waals surface area contributed by atoms with Crippen LogP contribution in [0.1, 0.15) is 12.0 Å². The van der Waals surface area contributed by atoms with Crippen LogP contribution in [-0.2, 0) is 11.2 Å². The maximum absolute atomic E-state index is 11.8. The number of rotatable bonds is 5. The second-order valence-corrected chi connectivity index (χ2v) is 4.58. The minimum absolute atomic E-state index is 0. The highest BCUT2D eigenvalue weighted by molar-refractivity contribution is 9.10. The van der Waals surface area contributed by atoms with Crippen molar-refractivity contribution < 1.29 is 4.79 Å². The van der Waals surface area contributed by atoms with Crippen LogP contribution in [0.15, 0.2) is 28.7 Å². The van der Waals surface area contributed by atoms with Gasteiger partial charge in [-0.2, -0.15) is 0 Å². The van der Waals surface area contributed by atoms with Crippen LogP contribution in [0, 0.1) is 0 Å². The van der Waals surface area contributed by atoms with E-state index in [4.69, 9.17) is 5.73 Å². The van der Waals surface area contributed by atoms with Crippen LogP contribution >= 0.6 is 28.3 Å². The molecule has 17 heavy (non-hydrogen) atoms. The van der Waals surface area contributed by atoms with Crippen molar-refractivity contribution in [3.63, 3.8) is 0 Å². The number of amides is 1. The summed E-state index contributed by atoms with van der Waals surface area (Å²) in [5, 5.41) is 0. The van der Waals surface area contributed by atoms with Crippen LogP contribution in [0.4, 0.5) is 0 Å². The second kappa shape index (κ2) is 8.50. The summed E-state index contributed by atoms with van der Waals surface area (Å²) in [4.78, 5) is 13.6. The summed E-state index contributed by atoms with van der Waals surface area (Å²) in [6.07, 6.45) is 1.28. The highest BCUT2D eigenvalue weighted by atomic mass is 79.9. The number of likely N-dealkylation sites (N-methyl/N-ethyl adjacent to an activating group) is 1. The number of hydrogen-bond acceptors (Lipinski definition) is 2. The Morgan fingerprint density at radius 1 is 1.41 bits per heavy atom. The number of halogens is 2. The van der Waals surface area contributed by atoms with Gasteiger partial charge in [-0.15, -0.1) is 12.4 Å². The van der Waals surface area contributed by atoms with Crippen molar-refractivity contribution in [2.75, 3.05) is 20.1 Å². The van der Waals surface area contributed by atoms with Gasteiger partial charge in [-0.3, -0.25) is 4.79 Å². The first-order valence-electron chi connectivity index (χ1n) is 5.32. The summed E-state index contributed by atoms with van der Waals surface area (Å²) in [7, 11) is 1.81. The first-order valence-corrected chi connectivity index (χ1v) is 6.12. The van der Waals surface area contributed by atoms with E-state index < -0.39 is 0 Å². The molecule has 3 nitrogen and oxygen atoms in total. The zero-order valence-electron chi connectivity index (χ0n) is 9.86. The molecule has 0 bridgehead atoms. The number of carbonyl (C=O) groups excluding carboxylic acids is 1. The molecule has 0 fully saturated rings. The van der Waals surface area contributed by atoms with Crippen LogP contribution in [0.5, 0.6) is 0 Å². The molecule has 0 radical (unpaired) electrons. The molecule has 0 saturated heterocycles. The predicted molar refractivity (Wildman–Crippen MR) is 76.4 cm³/mol. The lowest BCUT2D eigenvalue weighted by atomic mass is 10.1. The lowest BCUT2D eigenvalue weighted by Gasteiger charge is -2.17. The van der Waals surface area contributed by atoms with Gasteiger partial charge in [-0.1, -0.05) is 34.1 Å². The molecule has 1 aromatic carbocycles. The van der Waals surface area contributed by atoms with Gasteiger partial charge in [0.1, 0.15) is 0 Å². The Morgan fingerprint density at radius 2 is 2.06 bits per heavy atom. The van der Waals surface area contributed by atoms with Crippen LogP contribution in [0.2, 0.25) is 0 Å². The molecule has 1 rings (SSSR count). The summed E-state index contributed by atoms with van der Waals surface area (Å²) in [6.45, 7) is 1.34. The van der Waals surface area contributed by atoms with E-state index in [0.717, 1.165) is 23.0 Å². The van der Waals surface area contributed by atoms with Gasteiger partial charge in [0.15, 0.2) is 0 Å². The highest BCUT2D eigenvalue weighted by Gasteiger charge is 2.10. The molecule has 1 aromatic rings. The standard InChI is InChI=1S/C12H17BrN2O.ClH/c1-15(8-4-7-14)12(16)9-10-5-2-3-6-11(10)13;/h2-3,5-6H,4,7-9,14H2,1H3;1H. The van der Waals surface area contributed by atoms with Gasteiger partial charge < -0.3 is 10.6 Å². The summed E-state index contributed by atoms with van der Waals surface area (Å²) in [5.41, 5.74) is 6.43. The maximum Gasteiger partial charge on any atom is 0.226 e. The molecular formula is C12H18BrClN2O. The molecule has 0 heterocycles. The van der Waals surface area contributed by atoms with Crippen LogP contribution in [-0.4, -0.2) is 30.9 Å². The Hall–Kier alpha value is -0.580. The first kappa shape index (κ1) is 16.4. The lowest BCUT2D eigenvalue weighted by Crippen LogP contribution is -2.30. The average molecular weight is 322 g/mol. The van der Waals surface area contributed by atoms with Gasteiger partial charge in [0.05, 0.1) is 6.42 Å². The molecule has 0 aliphatic carbocycles. The lowest BCUT2D eigenvalue weighted by molar-refractivity contribution is -0.129. The summed E-state index contributed by atoms with van der Waals surface area (Å²) in [5.74, 6) is 0.125. The third kappa shape index (κ3) is 5.52. The monoisotopic (exact) mass is 320 g/mol. The van der Waals surface area contributed by atoms with Crippen molar-refractivity contribution in [3.05, 3.63) is 34.3 Å². The van der Waals surface area contributed by atoms with Crippen molar-refractivity contribution in [2.45, 2.75) is 12.8 Å². The Morgan fingerprint density at radius 3 is 2.65 bits per heavy atom. The average Bonchev–Trinajstić information content (AvgIpc) is 2.28. The fraction of sp³-hybridized carbons (Fsp3) is 0.417. The Labute approximate surface area is 117 Å². The topological polar surface area (TPSA) is 46.3 Å². The largest absolute Gasteiger partial charge is 0.345 e. The zero-order chi connectivity index (χ0) is 12.0. The van der Waals surface area contributed by atoms with E-state index in [1.807, 2.05) is 31.3 Å². The number of benzene rings is 1. The molecule has 2 N–H and O–H groups in total. The van der Waals surface area contributed by atoms with Crippen molar-refractivity contribution >= 4 is 34.2 Å². The van der Waals surface area contributed by atoms with E-state index >= 15 is 0 Å². The van der Waals surface area contributed by atoms with Crippen molar-refractivity contribution in [3.8, 4) is 0 Å². The zero-order valence-corrected chi connectivity index (χ0v) is 12.3. The molecule has 0 atom stereocenters. The summed E-state index contributed by atoms with van der Waals surface area (Å²) in [6, 6.07) is 7.78. The van der Waals surface area contributed by atoms with Gasteiger partial charge in [0, 0.05) is 18.1 Å². The third-order valence-electron chi connectivity index (χ3n) is 2.42. The molecule has 0 unspecified atom stereocenters. The second-order valence-electron chi connectivity index (χ2n) is 3.73. The van der Waals surface area contributed by atoms with Gasteiger partial charge in [0.25, 0.3) is 0 Å². The SMILES string of the molecule is CN(CCCN)C(=O)Cc1ccccc1Br.Cl. The fourth-order valence-electron chi connectivity index (χ4n) is 1.39. The predicted octanol–water partition coefficient (Wildman–Crippen LogP) is 2.22. The Bertz CT molecular complexity index is 360. The van der Waals surface area contributed by atoms with E-state index in [1.165, 1.54) is 0 Å². The summed E-state index contributed by atoms with van der Waals surface area (Å²) >= 11 is 3.44. The van der Waals surface area contributed by atoms with Gasteiger partial charge in [-0.05, 0) is 24.6 Å². The van der Waals surface area contributed by atoms with Crippen molar-refractivity contribution in [1.29, 1.82) is 0 Å². The molecule has 0 aliphatic rings. The molecule has 5 heteroatoms. The minimum Gasteiger partial charge on any atom is -0.345 e. The molecule has 0 aromatic heterocycles. The Balaban J connectivity index is 0.00000256. The van der Waals surface area contributed by atoms with Gasteiger partial charge >= 0.3 is 0 Å². The number of nitrogens with two attached hydrogens (primary N) is 1. The van der Waals surface area contributed by atoms with Crippen molar-refractivity contribution in [2.24, 2.45) is 5.73 Å². The van der Waals surface area contributed by atoms with Crippen LogP contribution in [0.3, 0.4) is 0 Å². The van der Waals surface area contributed by atoms with Crippen molar-refractivity contribution in [1.82, 2.24) is 4.90 Å². The van der Waals surface area contributed by atoms with Crippen LogP contribution in [0.25, 0.3) is 0 Å². The maximum atomic E-state index is 11.8. The molecular weight excluding hydrogens is 304 g/mol. The Kier molecular flexibility index (Phi) is 8.21. The molecule has 0 aliphatic heterocycles. The first-order chi connectivity index (χ1) is 7.65. The molecule has 1 amide bonds. The smallest absolute Gasteiger partial charge is 0.226 e. The molecule has 0 saturated carbocycles. The number of nitrogens with zero attached hydrogens (tertiary/aromatic N) is 1. The highest BCUT2D eigenvalue weighted by Crippen LogP contribution is 2.16. The summed E-state index contributed by atoms with van der Waals surface area (Å²) < 4.78 is 0.982. The van der Waals surface area contributed by atoms with E-state index in [2.05, 4.69) is 15.9 Å². The third-order valence-corrected chi connectivity index (χ3v) is 3.20. The number of carbonyl (C=O) groups is 1. The molecule has 0 spiro atoms. The van der Waals surface area contributed by atoms with E-state index in [-0.39, 0.29) is 18.3 Å². The fourth-order valence-corrected chi connectivity index (χ4v) is 1.82. The van der Waals surface area contributed by atoms with E-state index in [1.54, 1.807) is 4.90 Å². The van der Waals surface area contributed by atoms with E-state index in [9.17, 15) is 4.79 Å². The van der Waals surface area contributed by atoms with Gasteiger partial charge in [0.2, 0.25) is 5.91 Å². The normalized spacial score (nSPS) is 9.59. The van der Waals surface area contributed by atoms with Crippen LogP contribution < -0.4 is 5.73 Å². The van der Waals surface area contributed by atoms with Gasteiger partial charge in [-0.25, -0.2) is 0 Å². The number of hydrogen-bond donors (Lipinski definition) is 1.